The fraction of sp³-hybridized carbons (Fsp3) is 0.208. The zero-order valence-corrected chi connectivity index (χ0v) is 18.3. The summed E-state index contributed by atoms with van der Waals surface area (Å²) < 4.78 is 0.900. The second-order valence-electron chi connectivity index (χ2n) is 8.32. The number of hydrogen-bond donors (Lipinski definition) is 2. The number of aromatic nitrogens is 2. The van der Waals surface area contributed by atoms with Gasteiger partial charge in [-0.05, 0) is 41.7 Å². The molecule has 5 nitrogen and oxygen atoms in total. The SMILES string of the molecule is Cc1ccc(C(=O)NNc2ncnc3cc(-c4ccc(C(C)(C)C)cc4)sc23)cc1. The molecule has 30 heavy (non-hydrogen) atoms. The first-order valence-electron chi connectivity index (χ1n) is 9.80. The van der Waals surface area contributed by atoms with Gasteiger partial charge in [0, 0.05) is 10.4 Å². The molecule has 0 spiro atoms. The second-order valence-corrected chi connectivity index (χ2v) is 9.37. The molecular weight excluding hydrogens is 392 g/mol. The summed E-state index contributed by atoms with van der Waals surface area (Å²) in [6.45, 7) is 8.61. The van der Waals surface area contributed by atoms with E-state index < -0.39 is 0 Å². The first kappa shape index (κ1) is 20.0. The normalized spacial score (nSPS) is 11.5. The Hall–Kier alpha value is -3.25. The van der Waals surface area contributed by atoms with E-state index in [4.69, 9.17) is 0 Å². The van der Waals surface area contributed by atoms with Crippen molar-refractivity contribution in [3.63, 3.8) is 0 Å². The number of aryl methyl sites for hydroxylation is 1. The lowest BCUT2D eigenvalue weighted by molar-refractivity contribution is 0.0962. The van der Waals surface area contributed by atoms with Crippen molar-refractivity contribution in [2.24, 2.45) is 0 Å². The van der Waals surface area contributed by atoms with Crippen molar-refractivity contribution in [2.75, 3.05) is 5.43 Å². The largest absolute Gasteiger partial charge is 0.280 e. The molecule has 2 aromatic heterocycles. The number of hydrazine groups is 1. The fourth-order valence-corrected chi connectivity index (χ4v) is 4.17. The molecule has 0 radical (unpaired) electrons. The van der Waals surface area contributed by atoms with E-state index in [9.17, 15) is 4.79 Å². The van der Waals surface area contributed by atoms with Crippen LogP contribution in [0.25, 0.3) is 20.7 Å². The summed E-state index contributed by atoms with van der Waals surface area (Å²) in [6.07, 6.45) is 1.50. The molecule has 152 valence electrons. The number of fused-ring (bicyclic) bond motifs is 1. The van der Waals surface area contributed by atoms with Crippen LogP contribution < -0.4 is 10.9 Å². The lowest BCUT2D eigenvalue weighted by atomic mass is 9.86. The van der Waals surface area contributed by atoms with Crippen LogP contribution in [-0.2, 0) is 5.41 Å². The molecule has 0 bridgehead atoms. The fourth-order valence-electron chi connectivity index (χ4n) is 3.11. The van der Waals surface area contributed by atoms with Crippen LogP contribution in [-0.4, -0.2) is 15.9 Å². The second kappa shape index (κ2) is 7.88. The number of amides is 1. The highest BCUT2D eigenvalue weighted by Gasteiger charge is 2.15. The Morgan fingerprint density at radius 1 is 0.967 bits per heavy atom. The Bertz CT molecular complexity index is 1190. The van der Waals surface area contributed by atoms with Crippen LogP contribution >= 0.6 is 11.3 Å². The standard InChI is InChI=1S/C24H24N4OS/c1-15-5-7-17(8-6-15)23(29)28-27-22-21-19(25-14-26-22)13-20(30-21)16-9-11-18(12-10-16)24(2,3)4/h5-14H,1-4H3,(H,28,29)(H,25,26,27). The summed E-state index contributed by atoms with van der Waals surface area (Å²) in [6, 6.07) is 18.1. The highest BCUT2D eigenvalue weighted by molar-refractivity contribution is 7.22. The Balaban J connectivity index is 1.56. The monoisotopic (exact) mass is 416 g/mol. The predicted molar refractivity (Wildman–Crippen MR) is 124 cm³/mol. The van der Waals surface area contributed by atoms with Gasteiger partial charge in [-0.1, -0.05) is 62.7 Å². The van der Waals surface area contributed by atoms with Crippen molar-refractivity contribution in [3.8, 4) is 10.4 Å². The molecular formula is C24H24N4OS. The van der Waals surface area contributed by atoms with Gasteiger partial charge in [0.05, 0.1) is 10.2 Å². The predicted octanol–water partition coefficient (Wildman–Crippen LogP) is 5.72. The quantitative estimate of drug-likeness (QED) is 0.418. The van der Waals surface area contributed by atoms with Crippen molar-refractivity contribution < 1.29 is 4.79 Å². The van der Waals surface area contributed by atoms with Gasteiger partial charge in [-0.25, -0.2) is 9.97 Å². The molecule has 0 aliphatic rings. The van der Waals surface area contributed by atoms with E-state index in [1.54, 1.807) is 23.5 Å². The maximum Gasteiger partial charge on any atom is 0.269 e. The molecule has 2 N–H and O–H groups in total. The van der Waals surface area contributed by atoms with Crippen LogP contribution in [0.15, 0.2) is 60.9 Å². The van der Waals surface area contributed by atoms with E-state index in [2.05, 4.69) is 71.9 Å². The van der Waals surface area contributed by atoms with E-state index >= 15 is 0 Å². The minimum Gasteiger partial charge on any atom is -0.280 e. The maximum atomic E-state index is 12.4. The third-order valence-electron chi connectivity index (χ3n) is 4.95. The van der Waals surface area contributed by atoms with Gasteiger partial charge in [-0.3, -0.25) is 15.6 Å². The first-order valence-corrected chi connectivity index (χ1v) is 10.6. The molecule has 6 heteroatoms. The third-order valence-corrected chi connectivity index (χ3v) is 6.13. The average molecular weight is 417 g/mol. The minimum atomic E-state index is -0.212. The number of anilines is 1. The molecule has 0 saturated carbocycles. The number of benzene rings is 2. The van der Waals surface area contributed by atoms with Crippen molar-refractivity contribution in [3.05, 3.63) is 77.6 Å². The van der Waals surface area contributed by atoms with Gasteiger partial charge >= 0.3 is 0 Å². The first-order chi connectivity index (χ1) is 14.3. The molecule has 0 aliphatic carbocycles. The van der Waals surface area contributed by atoms with Crippen molar-refractivity contribution in [1.82, 2.24) is 15.4 Å². The van der Waals surface area contributed by atoms with Gasteiger partial charge in [-0.15, -0.1) is 11.3 Å². The molecule has 4 aromatic rings. The van der Waals surface area contributed by atoms with E-state index in [1.807, 2.05) is 19.1 Å². The average Bonchev–Trinajstić information content (AvgIpc) is 3.17. The van der Waals surface area contributed by atoms with Gasteiger partial charge < -0.3 is 0 Å². The van der Waals surface area contributed by atoms with Crippen LogP contribution in [0.4, 0.5) is 5.82 Å². The van der Waals surface area contributed by atoms with Crippen molar-refractivity contribution >= 4 is 33.3 Å². The molecule has 0 atom stereocenters. The molecule has 0 fully saturated rings. The van der Waals surface area contributed by atoms with Crippen molar-refractivity contribution in [1.29, 1.82) is 0 Å². The summed E-state index contributed by atoms with van der Waals surface area (Å²) in [5.74, 6) is 0.374. The summed E-state index contributed by atoms with van der Waals surface area (Å²) in [5, 5.41) is 0. The summed E-state index contributed by atoms with van der Waals surface area (Å²) in [7, 11) is 0. The Morgan fingerprint density at radius 2 is 1.67 bits per heavy atom. The number of rotatable bonds is 4. The highest BCUT2D eigenvalue weighted by Crippen LogP contribution is 2.36. The lowest BCUT2D eigenvalue weighted by Crippen LogP contribution is -2.29. The Kier molecular flexibility index (Phi) is 5.26. The number of carbonyl (C=O) groups excluding carboxylic acids is 1. The Labute approximate surface area is 180 Å². The van der Waals surface area contributed by atoms with Gasteiger partial charge in [0.15, 0.2) is 5.82 Å². The summed E-state index contributed by atoms with van der Waals surface area (Å²) in [5.41, 5.74) is 10.8. The van der Waals surface area contributed by atoms with Crippen molar-refractivity contribution in [2.45, 2.75) is 33.1 Å². The van der Waals surface area contributed by atoms with E-state index in [0.29, 0.717) is 11.4 Å². The van der Waals surface area contributed by atoms with Crippen LogP contribution in [0.2, 0.25) is 0 Å². The van der Waals surface area contributed by atoms with Crippen LogP contribution in [0.3, 0.4) is 0 Å². The molecule has 1 amide bonds. The molecule has 2 aromatic carbocycles. The zero-order valence-electron chi connectivity index (χ0n) is 17.5. The number of hydrogen-bond acceptors (Lipinski definition) is 5. The summed E-state index contributed by atoms with van der Waals surface area (Å²) >= 11 is 1.60. The number of thiophene rings is 1. The van der Waals surface area contributed by atoms with E-state index in [0.717, 1.165) is 26.2 Å². The minimum absolute atomic E-state index is 0.122. The molecule has 0 aliphatic heterocycles. The smallest absolute Gasteiger partial charge is 0.269 e. The molecule has 0 saturated heterocycles. The number of nitrogens with one attached hydrogen (secondary N) is 2. The van der Waals surface area contributed by atoms with Crippen LogP contribution in [0.1, 0.15) is 42.3 Å². The third kappa shape index (κ3) is 4.19. The molecule has 4 rings (SSSR count). The molecule has 2 heterocycles. The lowest BCUT2D eigenvalue weighted by Gasteiger charge is -2.18. The van der Waals surface area contributed by atoms with Gasteiger partial charge in [-0.2, -0.15) is 0 Å². The number of carbonyl (C=O) groups is 1. The van der Waals surface area contributed by atoms with Crippen LogP contribution in [0.5, 0.6) is 0 Å². The number of nitrogens with zero attached hydrogens (tertiary/aromatic N) is 2. The van der Waals surface area contributed by atoms with Gasteiger partial charge in [0.25, 0.3) is 5.91 Å². The molecule has 0 unspecified atom stereocenters. The van der Waals surface area contributed by atoms with Gasteiger partial charge in [0.2, 0.25) is 0 Å². The maximum absolute atomic E-state index is 12.4. The van der Waals surface area contributed by atoms with Crippen LogP contribution in [0, 0.1) is 6.92 Å². The zero-order chi connectivity index (χ0) is 21.3. The summed E-state index contributed by atoms with van der Waals surface area (Å²) in [4.78, 5) is 22.2. The van der Waals surface area contributed by atoms with E-state index in [-0.39, 0.29) is 11.3 Å². The van der Waals surface area contributed by atoms with Gasteiger partial charge in [0.1, 0.15) is 6.33 Å². The highest BCUT2D eigenvalue weighted by atomic mass is 32.1. The topological polar surface area (TPSA) is 66.9 Å². The van der Waals surface area contributed by atoms with E-state index in [1.165, 1.54) is 11.9 Å². The Morgan fingerprint density at radius 3 is 2.33 bits per heavy atom.